The SMILES string of the molecule is COCCCNc1cc(N)c(C(C)=O)s1. The molecule has 1 rings (SSSR count). The molecule has 3 N–H and O–H groups in total. The summed E-state index contributed by atoms with van der Waals surface area (Å²) in [5, 5.41) is 4.14. The number of nitrogens with one attached hydrogen (secondary N) is 1. The van der Waals surface area contributed by atoms with Gasteiger partial charge in [-0.25, -0.2) is 0 Å². The van der Waals surface area contributed by atoms with Gasteiger partial charge in [0.15, 0.2) is 5.78 Å². The van der Waals surface area contributed by atoms with E-state index >= 15 is 0 Å². The fourth-order valence-corrected chi connectivity index (χ4v) is 2.10. The van der Waals surface area contributed by atoms with Crippen molar-refractivity contribution in [2.45, 2.75) is 13.3 Å². The van der Waals surface area contributed by atoms with Crippen LogP contribution in [0.4, 0.5) is 10.7 Å². The molecule has 0 spiro atoms. The number of carbonyl (C=O) groups is 1. The predicted octanol–water partition coefficient (Wildman–Crippen LogP) is 1.98. The number of methoxy groups -OCH3 is 1. The number of nitrogen functional groups attached to an aromatic ring is 1. The van der Waals surface area contributed by atoms with Gasteiger partial charge in [-0.2, -0.15) is 0 Å². The highest BCUT2D eigenvalue weighted by atomic mass is 32.1. The van der Waals surface area contributed by atoms with E-state index in [9.17, 15) is 4.79 Å². The number of ketones is 1. The number of nitrogens with two attached hydrogens (primary N) is 1. The minimum Gasteiger partial charge on any atom is -0.397 e. The zero-order valence-corrected chi connectivity index (χ0v) is 9.82. The van der Waals surface area contributed by atoms with E-state index in [1.165, 1.54) is 18.3 Å². The molecule has 0 atom stereocenters. The topological polar surface area (TPSA) is 64.3 Å². The molecule has 15 heavy (non-hydrogen) atoms. The summed E-state index contributed by atoms with van der Waals surface area (Å²) in [7, 11) is 1.68. The minimum atomic E-state index is 0.0161. The molecule has 0 unspecified atom stereocenters. The van der Waals surface area contributed by atoms with E-state index in [1.54, 1.807) is 13.2 Å². The van der Waals surface area contributed by atoms with E-state index < -0.39 is 0 Å². The number of ether oxygens (including phenoxy) is 1. The largest absolute Gasteiger partial charge is 0.397 e. The quantitative estimate of drug-likeness (QED) is 0.577. The Morgan fingerprint density at radius 2 is 2.40 bits per heavy atom. The van der Waals surface area contributed by atoms with Crippen LogP contribution in [0.25, 0.3) is 0 Å². The molecule has 0 fully saturated rings. The second-order valence-corrected chi connectivity index (χ2v) is 4.28. The van der Waals surface area contributed by atoms with Gasteiger partial charge in [0.05, 0.1) is 15.6 Å². The van der Waals surface area contributed by atoms with Crippen molar-refractivity contribution in [2.24, 2.45) is 0 Å². The first-order valence-electron chi connectivity index (χ1n) is 4.78. The third-order valence-electron chi connectivity index (χ3n) is 1.91. The van der Waals surface area contributed by atoms with Crippen molar-refractivity contribution >= 4 is 27.8 Å². The van der Waals surface area contributed by atoms with Crippen molar-refractivity contribution in [3.05, 3.63) is 10.9 Å². The van der Waals surface area contributed by atoms with Crippen molar-refractivity contribution in [2.75, 3.05) is 31.3 Å². The highest BCUT2D eigenvalue weighted by molar-refractivity contribution is 7.18. The van der Waals surface area contributed by atoms with Crippen LogP contribution in [0.2, 0.25) is 0 Å². The molecule has 0 amide bonds. The summed E-state index contributed by atoms with van der Waals surface area (Å²) < 4.78 is 4.93. The second-order valence-electron chi connectivity index (χ2n) is 3.22. The van der Waals surface area contributed by atoms with Crippen LogP contribution in [0.15, 0.2) is 6.07 Å². The fraction of sp³-hybridized carbons (Fsp3) is 0.500. The van der Waals surface area contributed by atoms with Crippen molar-refractivity contribution in [1.82, 2.24) is 0 Å². The Morgan fingerprint density at radius 1 is 1.67 bits per heavy atom. The smallest absolute Gasteiger partial charge is 0.171 e. The Balaban J connectivity index is 2.48. The van der Waals surface area contributed by atoms with Gasteiger partial charge in [-0.05, 0) is 12.5 Å². The Kier molecular flexibility index (Phi) is 4.58. The maximum absolute atomic E-state index is 11.1. The molecular formula is C10H16N2O2S. The Morgan fingerprint density at radius 3 is 2.93 bits per heavy atom. The summed E-state index contributed by atoms with van der Waals surface area (Å²) in [6.45, 7) is 3.08. The van der Waals surface area contributed by atoms with E-state index in [0.717, 1.165) is 24.6 Å². The lowest BCUT2D eigenvalue weighted by molar-refractivity contribution is 0.102. The first-order valence-corrected chi connectivity index (χ1v) is 5.60. The van der Waals surface area contributed by atoms with E-state index in [2.05, 4.69) is 5.32 Å². The maximum atomic E-state index is 11.1. The Labute approximate surface area is 93.4 Å². The molecule has 0 aromatic carbocycles. The van der Waals surface area contributed by atoms with Gasteiger partial charge in [0.25, 0.3) is 0 Å². The van der Waals surface area contributed by atoms with Crippen LogP contribution >= 0.6 is 11.3 Å². The standard InChI is InChI=1S/C10H16N2O2S/c1-7(13)10-8(11)6-9(15-10)12-4-3-5-14-2/h6,12H,3-5,11H2,1-2H3. The predicted molar refractivity (Wildman–Crippen MR) is 63.7 cm³/mol. The number of anilines is 2. The molecule has 1 aromatic rings. The van der Waals surface area contributed by atoms with Crippen LogP contribution in [0.5, 0.6) is 0 Å². The van der Waals surface area contributed by atoms with Gasteiger partial charge in [-0.3, -0.25) is 4.79 Å². The van der Waals surface area contributed by atoms with E-state index in [4.69, 9.17) is 10.5 Å². The van der Waals surface area contributed by atoms with Crippen LogP contribution < -0.4 is 11.1 Å². The highest BCUT2D eigenvalue weighted by Gasteiger charge is 2.09. The van der Waals surface area contributed by atoms with Gasteiger partial charge >= 0.3 is 0 Å². The number of rotatable bonds is 6. The molecule has 84 valence electrons. The van der Waals surface area contributed by atoms with Crippen molar-refractivity contribution in [3.63, 3.8) is 0 Å². The molecule has 0 saturated heterocycles. The van der Waals surface area contributed by atoms with Crippen LogP contribution in [0.1, 0.15) is 23.0 Å². The number of thiophene rings is 1. The monoisotopic (exact) mass is 228 g/mol. The van der Waals surface area contributed by atoms with Gasteiger partial charge in [-0.15, -0.1) is 11.3 Å². The maximum Gasteiger partial charge on any atom is 0.171 e. The van der Waals surface area contributed by atoms with Gasteiger partial charge in [-0.1, -0.05) is 0 Å². The van der Waals surface area contributed by atoms with Gasteiger partial charge < -0.3 is 15.8 Å². The summed E-state index contributed by atoms with van der Waals surface area (Å²) in [6.07, 6.45) is 0.934. The zero-order chi connectivity index (χ0) is 11.3. The van der Waals surface area contributed by atoms with E-state index in [0.29, 0.717) is 10.6 Å². The number of carbonyl (C=O) groups excluding carboxylic acids is 1. The van der Waals surface area contributed by atoms with Crippen LogP contribution in [-0.2, 0) is 4.74 Å². The molecule has 4 nitrogen and oxygen atoms in total. The molecule has 0 aliphatic heterocycles. The van der Waals surface area contributed by atoms with Crippen molar-refractivity contribution < 1.29 is 9.53 Å². The van der Waals surface area contributed by atoms with E-state index in [-0.39, 0.29) is 5.78 Å². The molecule has 1 aromatic heterocycles. The van der Waals surface area contributed by atoms with E-state index in [1.807, 2.05) is 0 Å². The lowest BCUT2D eigenvalue weighted by atomic mass is 10.3. The lowest BCUT2D eigenvalue weighted by Crippen LogP contribution is -2.02. The molecule has 5 heteroatoms. The first kappa shape index (κ1) is 12.0. The van der Waals surface area contributed by atoms with Crippen LogP contribution in [0, 0.1) is 0 Å². The van der Waals surface area contributed by atoms with Crippen LogP contribution in [-0.4, -0.2) is 26.0 Å². The second kappa shape index (κ2) is 5.72. The summed E-state index contributed by atoms with van der Waals surface area (Å²) in [6, 6.07) is 1.80. The first-order chi connectivity index (χ1) is 7.15. The minimum absolute atomic E-state index is 0.0161. The highest BCUT2D eigenvalue weighted by Crippen LogP contribution is 2.29. The average molecular weight is 228 g/mol. The number of hydrogen-bond donors (Lipinski definition) is 2. The summed E-state index contributed by atoms with van der Waals surface area (Å²) in [4.78, 5) is 11.8. The third kappa shape index (κ3) is 3.53. The molecule has 0 saturated carbocycles. The third-order valence-corrected chi connectivity index (χ3v) is 3.11. The molecule has 0 aliphatic carbocycles. The molecule has 1 heterocycles. The molecule has 0 aliphatic rings. The van der Waals surface area contributed by atoms with Crippen molar-refractivity contribution in [1.29, 1.82) is 0 Å². The fourth-order valence-electron chi connectivity index (χ4n) is 1.20. The van der Waals surface area contributed by atoms with Gasteiger partial charge in [0.2, 0.25) is 0 Å². The number of Topliss-reactive ketones (excluding diaryl/α,β-unsaturated/α-hetero) is 1. The van der Waals surface area contributed by atoms with Crippen LogP contribution in [0.3, 0.4) is 0 Å². The normalized spacial score (nSPS) is 10.3. The van der Waals surface area contributed by atoms with Crippen molar-refractivity contribution in [3.8, 4) is 0 Å². The molecular weight excluding hydrogens is 212 g/mol. The Bertz CT molecular complexity index is 336. The average Bonchev–Trinajstić information content (AvgIpc) is 2.55. The summed E-state index contributed by atoms with van der Waals surface area (Å²) in [5.41, 5.74) is 6.25. The number of hydrogen-bond acceptors (Lipinski definition) is 5. The lowest BCUT2D eigenvalue weighted by Gasteiger charge is -2.01. The molecule has 0 radical (unpaired) electrons. The molecule has 0 bridgehead atoms. The van der Waals surface area contributed by atoms with Gasteiger partial charge in [0.1, 0.15) is 0 Å². The summed E-state index contributed by atoms with van der Waals surface area (Å²) in [5.74, 6) is 0.0161. The summed E-state index contributed by atoms with van der Waals surface area (Å²) >= 11 is 1.40. The van der Waals surface area contributed by atoms with Gasteiger partial charge in [0, 0.05) is 27.2 Å². The Hall–Kier alpha value is -1.07. The zero-order valence-electron chi connectivity index (χ0n) is 9.00.